The molecule has 1 unspecified atom stereocenters. The first-order valence-corrected chi connectivity index (χ1v) is 6.97. The molecule has 104 valence electrons. The smallest absolute Gasteiger partial charge is 0.239 e. The van der Waals surface area contributed by atoms with Gasteiger partial charge < -0.3 is 10.2 Å². The van der Waals surface area contributed by atoms with Gasteiger partial charge in [0.05, 0.1) is 6.04 Å². The molecular formula is C15H21FN2O. The summed E-state index contributed by atoms with van der Waals surface area (Å²) in [6, 6.07) is 6.56. The van der Waals surface area contributed by atoms with Crippen molar-refractivity contribution in [1.29, 1.82) is 0 Å². The average molecular weight is 264 g/mol. The van der Waals surface area contributed by atoms with Gasteiger partial charge in [0.25, 0.3) is 0 Å². The fourth-order valence-corrected chi connectivity index (χ4v) is 2.43. The zero-order valence-electron chi connectivity index (χ0n) is 11.4. The maximum atomic E-state index is 13.1. The first-order valence-electron chi connectivity index (χ1n) is 6.97. The van der Waals surface area contributed by atoms with Crippen molar-refractivity contribution in [3.8, 4) is 0 Å². The van der Waals surface area contributed by atoms with E-state index in [1.165, 1.54) is 12.1 Å². The topological polar surface area (TPSA) is 32.3 Å². The minimum absolute atomic E-state index is 0.0209. The highest BCUT2D eigenvalue weighted by Crippen LogP contribution is 2.13. The molecule has 1 N–H and O–H groups in total. The Morgan fingerprint density at radius 2 is 2.32 bits per heavy atom. The Labute approximate surface area is 113 Å². The predicted molar refractivity (Wildman–Crippen MR) is 73.4 cm³/mol. The van der Waals surface area contributed by atoms with Crippen LogP contribution in [0.3, 0.4) is 0 Å². The Kier molecular flexibility index (Phi) is 4.91. The molecule has 0 spiro atoms. The van der Waals surface area contributed by atoms with Gasteiger partial charge in [-0.25, -0.2) is 4.39 Å². The summed E-state index contributed by atoms with van der Waals surface area (Å²) in [7, 11) is 0. The number of hydrogen-bond donors (Lipinski definition) is 1. The van der Waals surface area contributed by atoms with Crippen LogP contribution in [0.5, 0.6) is 0 Å². The van der Waals surface area contributed by atoms with Crippen molar-refractivity contribution in [3.05, 3.63) is 35.6 Å². The monoisotopic (exact) mass is 264 g/mol. The molecule has 0 aromatic heterocycles. The van der Waals surface area contributed by atoms with Crippen LogP contribution in [0, 0.1) is 5.82 Å². The Balaban J connectivity index is 1.82. The van der Waals surface area contributed by atoms with E-state index in [1.54, 1.807) is 6.07 Å². The van der Waals surface area contributed by atoms with Crippen LogP contribution in [0.2, 0.25) is 0 Å². The largest absolute Gasteiger partial charge is 0.341 e. The number of rotatable bonds is 6. The third-order valence-electron chi connectivity index (χ3n) is 3.50. The lowest BCUT2D eigenvalue weighted by molar-refractivity contribution is -0.129. The van der Waals surface area contributed by atoms with E-state index in [9.17, 15) is 9.18 Å². The van der Waals surface area contributed by atoms with Gasteiger partial charge in [0, 0.05) is 13.1 Å². The van der Waals surface area contributed by atoms with E-state index < -0.39 is 0 Å². The van der Waals surface area contributed by atoms with E-state index in [0.29, 0.717) is 13.0 Å². The van der Waals surface area contributed by atoms with Crippen LogP contribution < -0.4 is 5.32 Å². The molecule has 1 heterocycles. The number of amides is 1. The van der Waals surface area contributed by atoms with Gasteiger partial charge in [0.15, 0.2) is 0 Å². The highest BCUT2D eigenvalue weighted by Gasteiger charge is 2.30. The van der Waals surface area contributed by atoms with Crippen LogP contribution in [0.15, 0.2) is 24.3 Å². The van der Waals surface area contributed by atoms with Gasteiger partial charge in [-0.15, -0.1) is 0 Å². The summed E-state index contributed by atoms with van der Waals surface area (Å²) in [5, 5.41) is 3.27. The molecule has 1 fully saturated rings. The Morgan fingerprint density at radius 1 is 1.47 bits per heavy atom. The lowest BCUT2D eigenvalue weighted by Crippen LogP contribution is -2.39. The van der Waals surface area contributed by atoms with Crippen LogP contribution in [0.1, 0.15) is 25.3 Å². The molecule has 2 rings (SSSR count). The summed E-state index contributed by atoms with van der Waals surface area (Å²) in [4.78, 5) is 14.0. The zero-order chi connectivity index (χ0) is 13.7. The van der Waals surface area contributed by atoms with Gasteiger partial charge in [0.1, 0.15) is 5.82 Å². The van der Waals surface area contributed by atoms with Gasteiger partial charge in [-0.1, -0.05) is 19.1 Å². The Morgan fingerprint density at radius 3 is 3.05 bits per heavy atom. The van der Waals surface area contributed by atoms with E-state index in [4.69, 9.17) is 0 Å². The second kappa shape index (κ2) is 6.66. The summed E-state index contributed by atoms with van der Waals surface area (Å²) in [6.45, 7) is 4.45. The average Bonchev–Trinajstić information content (AvgIpc) is 2.75. The lowest BCUT2D eigenvalue weighted by atomic mass is 10.1. The molecule has 1 saturated heterocycles. The first-order chi connectivity index (χ1) is 9.20. The van der Waals surface area contributed by atoms with Gasteiger partial charge in [0.2, 0.25) is 5.91 Å². The molecule has 4 heteroatoms. The summed E-state index contributed by atoms with van der Waals surface area (Å²) in [5.74, 6) is -0.0300. The third-order valence-corrected chi connectivity index (χ3v) is 3.50. The molecule has 1 aromatic rings. The molecule has 1 aliphatic rings. The molecule has 19 heavy (non-hydrogen) atoms. The Bertz CT molecular complexity index is 436. The van der Waals surface area contributed by atoms with Gasteiger partial charge in [-0.05, 0) is 43.5 Å². The molecule has 1 aromatic carbocycles. The number of halogens is 1. The second-order valence-electron chi connectivity index (χ2n) is 5.00. The van der Waals surface area contributed by atoms with Gasteiger partial charge in [-0.2, -0.15) is 0 Å². The van der Waals surface area contributed by atoms with Crippen molar-refractivity contribution in [3.63, 3.8) is 0 Å². The van der Waals surface area contributed by atoms with Crippen LogP contribution in [0.25, 0.3) is 0 Å². The number of nitrogens with one attached hydrogen (secondary N) is 1. The zero-order valence-corrected chi connectivity index (χ0v) is 11.4. The second-order valence-corrected chi connectivity index (χ2v) is 5.00. The van der Waals surface area contributed by atoms with Crippen molar-refractivity contribution in [2.24, 2.45) is 0 Å². The number of benzene rings is 1. The standard InChI is InChI=1S/C15H21FN2O/c1-2-8-17-14-7-10-18(15(14)19)9-6-12-4-3-5-13(16)11-12/h3-5,11,14,17H,2,6-10H2,1H3. The first kappa shape index (κ1) is 14.0. The molecule has 1 amide bonds. The maximum Gasteiger partial charge on any atom is 0.239 e. The van der Waals surface area contributed by atoms with Crippen molar-refractivity contribution >= 4 is 5.91 Å². The van der Waals surface area contributed by atoms with E-state index in [-0.39, 0.29) is 17.8 Å². The lowest BCUT2D eigenvalue weighted by Gasteiger charge is -2.17. The predicted octanol–water partition coefficient (Wildman–Crippen LogP) is 1.97. The van der Waals surface area contributed by atoms with Gasteiger partial charge in [-0.3, -0.25) is 4.79 Å². The van der Waals surface area contributed by atoms with E-state index >= 15 is 0 Å². The highest BCUT2D eigenvalue weighted by atomic mass is 19.1. The van der Waals surface area contributed by atoms with Gasteiger partial charge >= 0.3 is 0 Å². The number of likely N-dealkylation sites (tertiary alicyclic amines) is 1. The van der Waals surface area contributed by atoms with E-state index in [1.807, 2.05) is 11.0 Å². The summed E-state index contributed by atoms with van der Waals surface area (Å²) in [6.07, 6.45) is 2.62. The third kappa shape index (κ3) is 3.77. The maximum absolute atomic E-state index is 13.1. The van der Waals surface area contributed by atoms with Crippen molar-refractivity contribution in [2.75, 3.05) is 19.6 Å². The van der Waals surface area contributed by atoms with E-state index in [2.05, 4.69) is 12.2 Å². The Hall–Kier alpha value is -1.42. The molecular weight excluding hydrogens is 243 g/mol. The number of carbonyl (C=O) groups excluding carboxylic acids is 1. The van der Waals surface area contributed by atoms with Crippen LogP contribution >= 0.6 is 0 Å². The van der Waals surface area contributed by atoms with Crippen molar-refractivity contribution in [1.82, 2.24) is 10.2 Å². The molecule has 0 radical (unpaired) electrons. The van der Waals surface area contributed by atoms with Crippen LogP contribution in [-0.2, 0) is 11.2 Å². The summed E-state index contributed by atoms with van der Waals surface area (Å²) in [5.41, 5.74) is 0.942. The minimum atomic E-state index is -0.215. The minimum Gasteiger partial charge on any atom is -0.341 e. The van der Waals surface area contributed by atoms with Crippen molar-refractivity contribution in [2.45, 2.75) is 32.2 Å². The normalized spacial score (nSPS) is 19.2. The van der Waals surface area contributed by atoms with Crippen LogP contribution in [-0.4, -0.2) is 36.5 Å². The number of hydrogen-bond acceptors (Lipinski definition) is 2. The highest BCUT2D eigenvalue weighted by molar-refractivity contribution is 5.83. The summed E-state index contributed by atoms with van der Waals surface area (Å²) < 4.78 is 13.1. The molecule has 1 aliphatic heterocycles. The number of nitrogens with zero attached hydrogens (tertiary/aromatic N) is 1. The number of carbonyl (C=O) groups is 1. The fourth-order valence-electron chi connectivity index (χ4n) is 2.43. The molecule has 3 nitrogen and oxygen atoms in total. The SMILES string of the molecule is CCCNC1CCN(CCc2cccc(F)c2)C1=O. The molecule has 1 atom stereocenters. The van der Waals surface area contributed by atoms with Crippen LogP contribution in [0.4, 0.5) is 4.39 Å². The molecule has 0 aliphatic carbocycles. The molecule has 0 bridgehead atoms. The molecule has 0 saturated carbocycles. The quantitative estimate of drug-likeness (QED) is 0.852. The summed E-state index contributed by atoms with van der Waals surface area (Å²) >= 11 is 0. The van der Waals surface area contributed by atoms with E-state index in [0.717, 1.165) is 31.5 Å². The fraction of sp³-hybridized carbons (Fsp3) is 0.533. The van der Waals surface area contributed by atoms with Crippen molar-refractivity contribution < 1.29 is 9.18 Å².